The Morgan fingerprint density at radius 3 is 2.75 bits per heavy atom. The molecule has 0 aliphatic heterocycles. The van der Waals surface area contributed by atoms with Crippen molar-refractivity contribution in [2.24, 2.45) is 0 Å². The molecule has 6 nitrogen and oxygen atoms in total. The van der Waals surface area contributed by atoms with Crippen LogP contribution in [0, 0.1) is 21.4 Å². The lowest BCUT2D eigenvalue weighted by atomic mass is 10.1. The first kappa shape index (κ1) is 16.1. The SMILES string of the molecule is COCCN(CCC#N)CCc1ccccc1[N+](=O)[O-]. The third-order valence-corrected chi connectivity index (χ3v) is 3.04. The molecule has 1 aromatic carbocycles. The molecule has 0 unspecified atom stereocenters. The van der Waals surface area contributed by atoms with Gasteiger partial charge in [0.1, 0.15) is 0 Å². The first-order chi connectivity index (χ1) is 9.69. The van der Waals surface area contributed by atoms with E-state index in [0.29, 0.717) is 32.5 Å². The van der Waals surface area contributed by atoms with Gasteiger partial charge in [-0.05, 0) is 6.42 Å². The van der Waals surface area contributed by atoms with Crippen molar-refractivity contribution in [3.05, 3.63) is 39.9 Å². The van der Waals surface area contributed by atoms with E-state index in [9.17, 15) is 10.1 Å². The maximum atomic E-state index is 10.9. The Labute approximate surface area is 118 Å². The Morgan fingerprint density at radius 1 is 1.35 bits per heavy atom. The zero-order chi connectivity index (χ0) is 14.8. The standard InChI is InChI=1S/C14H19N3O3/c1-20-12-11-16(9-4-8-15)10-7-13-5-2-3-6-14(13)17(18)19/h2-3,5-6H,4,7,9-12H2,1H3. The molecule has 0 aliphatic carbocycles. The molecule has 0 heterocycles. The van der Waals surface area contributed by atoms with Crippen LogP contribution in [0.3, 0.4) is 0 Å². The molecule has 0 saturated carbocycles. The van der Waals surface area contributed by atoms with E-state index in [1.807, 2.05) is 0 Å². The molecule has 1 rings (SSSR count). The van der Waals surface area contributed by atoms with E-state index in [2.05, 4.69) is 11.0 Å². The summed E-state index contributed by atoms with van der Waals surface area (Å²) in [5.74, 6) is 0. The lowest BCUT2D eigenvalue weighted by Crippen LogP contribution is -2.30. The summed E-state index contributed by atoms with van der Waals surface area (Å²) in [7, 11) is 1.63. The average Bonchev–Trinajstić information content (AvgIpc) is 2.46. The molecule has 0 aromatic heterocycles. The van der Waals surface area contributed by atoms with Crippen molar-refractivity contribution in [2.45, 2.75) is 12.8 Å². The predicted octanol–water partition coefficient (Wildman–Crippen LogP) is 2.00. The summed E-state index contributed by atoms with van der Waals surface area (Å²) < 4.78 is 5.03. The number of hydrogen-bond donors (Lipinski definition) is 0. The smallest absolute Gasteiger partial charge is 0.272 e. The summed E-state index contributed by atoms with van der Waals surface area (Å²) in [4.78, 5) is 12.7. The zero-order valence-electron chi connectivity index (χ0n) is 11.6. The topological polar surface area (TPSA) is 79.4 Å². The maximum absolute atomic E-state index is 10.9. The zero-order valence-corrected chi connectivity index (χ0v) is 11.6. The van der Waals surface area contributed by atoms with Crippen LogP contribution in [0.4, 0.5) is 5.69 Å². The van der Waals surface area contributed by atoms with Gasteiger partial charge >= 0.3 is 0 Å². The van der Waals surface area contributed by atoms with Crippen molar-refractivity contribution in [3.63, 3.8) is 0 Å². The van der Waals surface area contributed by atoms with Crippen LogP contribution in [0.1, 0.15) is 12.0 Å². The van der Waals surface area contributed by atoms with Gasteiger partial charge < -0.3 is 4.74 Å². The summed E-state index contributed by atoms with van der Waals surface area (Å²) >= 11 is 0. The molecule has 0 N–H and O–H groups in total. The molecule has 0 bridgehead atoms. The van der Waals surface area contributed by atoms with Gasteiger partial charge in [0.25, 0.3) is 5.69 Å². The minimum Gasteiger partial charge on any atom is -0.383 e. The minimum atomic E-state index is -0.357. The first-order valence-electron chi connectivity index (χ1n) is 6.49. The second kappa shape index (κ2) is 9.02. The van der Waals surface area contributed by atoms with Gasteiger partial charge in [-0.3, -0.25) is 15.0 Å². The van der Waals surface area contributed by atoms with Gasteiger partial charge in [-0.15, -0.1) is 0 Å². The Balaban J connectivity index is 2.62. The summed E-state index contributed by atoms with van der Waals surface area (Å²) in [5.41, 5.74) is 0.872. The number of rotatable bonds is 9. The van der Waals surface area contributed by atoms with Gasteiger partial charge in [0, 0.05) is 44.8 Å². The number of nitro benzene ring substituents is 1. The van der Waals surface area contributed by atoms with E-state index in [1.54, 1.807) is 25.3 Å². The fraction of sp³-hybridized carbons (Fsp3) is 0.500. The van der Waals surface area contributed by atoms with Gasteiger partial charge in [0.05, 0.1) is 17.6 Å². The molecule has 0 radical (unpaired) electrons. The molecule has 6 heteroatoms. The number of methoxy groups -OCH3 is 1. The van der Waals surface area contributed by atoms with Gasteiger partial charge in [-0.2, -0.15) is 5.26 Å². The van der Waals surface area contributed by atoms with E-state index in [1.165, 1.54) is 6.07 Å². The summed E-state index contributed by atoms with van der Waals surface area (Å²) in [5, 5.41) is 19.6. The van der Waals surface area contributed by atoms with Gasteiger partial charge in [0.15, 0.2) is 0 Å². The second-order valence-corrected chi connectivity index (χ2v) is 4.38. The van der Waals surface area contributed by atoms with Crippen LogP contribution in [0.2, 0.25) is 0 Å². The molecular formula is C14H19N3O3. The molecule has 0 aliphatic rings. The van der Waals surface area contributed by atoms with Gasteiger partial charge in [-0.1, -0.05) is 18.2 Å². The number of para-hydroxylation sites is 1. The monoisotopic (exact) mass is 277 g/mol. The van der Waals surface area contributed by atoms with Crippen LogP contribution in [0.25, 0.3) is 0 Å². The van der Waals surface area contributed by atoms with Crippen LogP contribution < -0.4 is 0 Å². The molecule has 0 spiro atoms. The number of nitriles is 1. The van der Waals surface area contributed by atoms with Crippen molar-refractivity contribution in [2.75, 3.05) is 33.4 Å². The summed E-state index contributed by atoms with van der Waals surface area (Å²) in [6.45, 7) is 2.64. The fourth-order valence-corrected chi connectivity index (χ4v) is 1.94. The molecule has 0 fully saturated rings. The van der Waals surface area contributed by atoms with Crippen molar-refractivity contribution in [1.82, 2.24) is 4.90 Å². The maximum Gasteiger partial charge on any atom is 0.272 e. The molecule has 0 amide bonds. The lowest BCUT2D eigenvalue weighted by molar-refractivity contribution is -0.385. The van der Waals surface area contributed by atoms with Crippen molar-refractivity contribution >= 4 is 5.69 Å². The largest absolute Gasteiger partial charge is 0.383 e. The molecule has 108 valence electrons. The average molecular weight is 277 g/mol. The van der Waals surface area contributed by atoms with E-state index in [4.69, 9.17) is 10.00 Å². The third-order valence-electron chi connectivity index (χ3n) is 3.04. The van der Waals surface area contributed by atoms with Crippen LogP contribution >= 0.6 is 0 Å². The third kappa shape index (κ3) is 5.34. The molecular weight excluding hydrogens is 258 g/mol. The second-order valence-electron chi connectivity index (χ2n) is 4.38. The Kier molecular flexibility index (Phi) is 7.25. The Bertz CT molecular complexity index is 471. The minimum absolute atomic E-state index is 0.152. The Hall–Kier alpha value is -1.97. The fourth-order valence-electron chi connectivity index (χ4n) is 1.94. The highest BCUT2D eigenvalue weighted by molar-refractivity contribution is 5.39. The van der Waals surface area contributed by atoms with Crippen molar-refractivity contribution in [1.29, 1.82) is 5.26 Å². The summed E-state index contributed by atoms with van der Waals surface area (Å²) in [6, 6.07) is 8.87. The highest BCUT2D eigenvalue weighted by atomic mass is 16.6. The molecule has 0 atom stereocenters. The molecule has 0 saturated heterocycles. The first-order valence-corrected chi connectivity index (χ1v) is 6.49. The van der Waals surface area contributed by atoms with Crippen LogP contribution in [-0.2, 0) is 11.2 Å². The number of hydrogen-bond acceptors (Lipinski definition) is 5. The number of benzene rings is 1. The highest BCUT2D eigenvalue weighted by Gasteiger charge is 2.13. The lowest BCUT2D eigenvalue weighted by Gasteiger charge is -2.20. The highest BCUT2D eigenvalue weighted by Crippen LogP contribution is 2.18. The van der Waals surface area contributed by atoms with E-state index >= 15 is 0 Å². The Morgan fingerprint density at radius 2 is 2.10 bits per heavy atom. The van der Waals surface area contributed by atoms with Crippen LogP contribution in [0.15, 0.2) is 24.3 Å². The van der Waals surface area contributed by atoms with Gasteiger partial charge in [0.2, 0.25) is 0 Å². The van der Waals surface area contributed by atoms with Crippen LogP contribution in [0.5, 0.6) is 0 Å². The number of ether oxygens (including phenoxy) is 1. The van der Waals surface area contributed by atoms with E-state index in [-0.39, 0.29) is 10.6 Å². The quantitative estimate of drug-likeness (QED) is 0.509. The van der Waals surface area contributed by atoms with E-state index < -0.39 is 0 Å². The van der Waals surface area contributed by atoms with Crippen molar-refractivity contribution in [3.8, 4) is 6.07 Å². The summed E-state index contributed by atoms with van der Waals surface area (Å²) in [6.07, 6.45) is 1.03. The van der Waals surface area contributed by atoms with Gasteiger partial charge in [-0.25, -0.2) is 0 Å². The normalized spacial score (nSPS) is 10.4. The number of nitro groups is 1. The van der Waals surface area contributed by atoms with Crippen LogP contribution in [-0.4, -0.2) is 43.2 Å². The van der Waals surface area contributed by atoms with Crippen molar-refractivity contribution < 1.29 is 9.66 Å². The number of nitrogens with zero attached hydrogens (tertiary/aromatic N) is 3. The molecule has 20 heavy (non-hydrogen) atoms. The molecule has 1 aromatic rings. The predicted molar refractivity (Wildman–Crippen MR) is 75.3 cm³/mol. The van der Waals surface area contributed by atoms with E-state index in [0.717, 1.165) is 12.1 Å².